The van der Waals surface area contributed by atoms with Crippen LogP contribution in [0.3, 0.4) is 0 Å². The minimum Gasteiger partial charge on any atom is -0.508 e. The summed E-state index contributed by atoms with van der Waals surface area (Å²) in [6.45, 7) is 4.84. The number of phenolic OH excluding ortho intramolecular Hbond substituents is 1. The Kier molecular flexibility index (Phi) is 8.10. The molecule has 0 aliphatic carbocycles. The van der Waals surface area contributed by atoms with E-state index in [1.807, 2.05) is 6.92 Å². The zero-order valence-corrected chi connectivity index (χ0v) is 19.8. The van der Waals surface area contributed by atoms with Gasteiger partial charge in [-0.2, -0.15) is 4.31 Å². The monoisotopic (exact) mass is 473 g/mol. The van der Waals surface area contributed by atoms with Crippen LogP contribution in [-0.4, -0.2) is 55.3 Å². The lowest BCUT2D eigenvalue weighted by molar-refractivity contribution is 0.0951. The van der Waals surface area contributed by atoms with Crippen molar-refractivity contribution in [2.24, 2.45) is 0 Å². The second kappa shape index (κ2) is 10.8. The van der Waals surface area contributed by atoms with Crippen molar-refractivity contribution in [2.75, 3.05) is 19.6 Å². The molecular formula is C24H31N3O5S. The van der Waals surface area contributed by atoms with Crippen molar-refractivity contribution in [2.45, 2.75) is 50.5 Å². The number of aryl methyl sites for hydroxylation is 1. The highest BCUT2D eigenvalue weighted by molar-refractivity contribution is 7.89. The summed E-state index contributed by atoms with van der Waals surface area (Å²) in [5.74, 6) is -0.641. The minimum atomic E-state index is -3.66. The molecule has 3 rings (SSSR count). The van der Waals surface area contributed by atoms with E-state index in [1.54, 1.807) is 31.2 Å². The van der Waals surface area contributed by atoms with Gasteiger partial charge in [0.25, 0.3) is 11.8 Å². The third-order valence-corrected chi connectivity index (χ3v) is 7.84. The van der Waals surface area contributed by atoms with Gasteiger partial charge in [-0.1, -0.05) is 18.6 Å². The molecule has 1 unspecified atom stereocenters. The van der Waals surface area contributed by atoms with Gasteiger partial charge in [0.05, 0.1) is 4.90 Å². The molecule has 0 spiro atoms. The smallest absolute Gasteiger partial charge is 0.251 e. The maximum atomic E-state index is 13.1. The molecule has 8 nitrogen and oxygen atoms in total. The van der Waals surface area contributed by atoms with E-state index in [2.05, 4.69) is 10.6 Å². The molecule has 1 aliphatic rings. The van der Waals surface area contributed by atoms with Crippen molar-refractivity contribution in [3.05, 3.63) is 59.2 Å². The number of hydrogen-bond donors (Lipinski definition) is 3. The van der Waals surface area contributed by atoms with Gasteiger partial charge in [0.1, 0.15) is 5.75 Å². The summed E-state index contributed by atoms with van der Waals surface area (Å²) in [7, 11) is -3.66. The maximum Gasteiger partial charge on any atom is 0.251 e. The Morgan fingerprint density at radius 1 is 1.06 bits per heavy atom. The van der Waals surface area contributed by atoms with Gasteiger partial charge in [0, 0.05) is 36.8 Å². The van der Waals surface area contributed by atoms with E-state index < -0.39 is 10.0 Å². The van der Waals surface area contributed by atoms with Crippen molar-refractivity contribution in [3.8, 4) is 5.75 Å². The number of rotatable bonds is 8. The molecule has 2 amide bonds. The number of aromatic hydroxyl groups is 1. The lowest BCUT2D eigenvalue weighted by Gasteiger charge is -2.32. The van der Waals surface area contributed by atoms with Gasteiger partial charge in [0.2, 0.25) is 10.0 Å². The number of amides is 2. The quantitative estimate of drug-likeness (QED) is 0.510. The Labute approximate surface area is 195 Å². The minimum absolute atomic E-state index is 0.0178. The molecule has 0 saturated carbocycles. The number of carbonyl (C=O) groups is 2. The van der Waals surface area contributed by atoms with E-state index in [0.717, 1.165) is 19.3 Å². The Morgan fingerprint density at radius 3 is 2.48 bits per heavy atom. The molecule has 3 N–H and O–H groups in total. The predicted molar refractivity (Wildman–Crippen MR) is 126 cm³/mol. The summed E-state index contributed by atoms with van der Waals surface area (Å²) in [5, 5.41) is 15.0. The van der Waals surface area contributed by atoms with E-state index in [4.69, 9.17) is 0 Å². The standard InChI is InChI=1S/C24H31N3O5S/c1-17-10-11-21(33(31,32)27-14-4-3-7-18(27)2)16-22(17)24(30)26-13-6-12-25-23(29)19-8-5-9-20(28)15-19/h5,8-11,15-16,18,28H,3-4,6-7,12-14H2,1-2H3,(H,25,29)(H,26,30). The number of nitrogens with zero attached hydrogens (tertiary/aromatic N) is 1. The molecule has 1 atom stereocenters. The van der Waals surface area contributed by atoms with Crippen molar-refractivity contribution in [1.82, 2.24) is 14.9 Å². The van der Waals surface area contributed by atoms with E-state index in [9.17, 15) is 23.1 Å². The van der Waals surface area contributed by atoms with Gasteiger partial charge in [-0.25, -0.2) is 8.42 Å². The van der Waals surface area contributed by atoms with Crippen LogP contribution in [0.2, 0.25) is 0 Å². The summed E-state index contributed by atoms with van der Waals surface area (Å²) in [5.41, 5.74) is 1.37. The first-order valence-corrected chi connectivity index (χ1v) is 12.6. The zero-order chi connectivity index (χ0) is 24.0. The lowest BCUT2D eigenvalue weighted by Crippen LogP contribution is -2.42. The van der Waals surface area contributed by atoms with Crippen molar-refractivity contribution < 1.29 is 23.1 Å². The highest BCUT2D eigenvalue weighted by atomic mass is 32.2. The Balaban J connectivity index is 1.56. The summed E-state index contributed by atoms with van der Waals surface area (Å²) in [6.07, 6.45) is 3.19. The molecule has 1 aliphatic heterocycles. The van der Waals surface area contributed by atoms with Crippen LogP contribution in [0.15, 0.2) is 47.4 Å². The molecule has 0 aromatic heterocycles. The third-order valence-electron chi connectivity index (χ3n) is 5.84. The number of sulfonamides is 1. The second-order valence-electron chi connectivity index (χ2n) is 8.35. The number of piperidine rings is 1. The van der Waals surface area contributed by atoms with Crippen LogP contribution >= 0.6 is 0 Å². The molecule has 1 fully saturated rings. The molecule has 2 aromatic rings. The van der Waals surface area contributed by atoms with Gasteiger partial charge in [-0.3, -0.25) is 9.59 Å². The molecule has 178 valence electrons. The van der Waals surface area contributed by atoms with E-state index in [1.165, 1.54) is 22.5 Å². The fourth-order valence-electron chi connectivity index (χ4n) is 3.91. The van der Waals surface area contributed by atoms with Gasteiger partial charge in [-0.05, 0) is 69.0 Å². The zero-order valence-electron chi connectivity index (χ0n) is 19.0. The molecule has 0 bridgehead atoms. The molecule has 2 aromatic carbocycles. The van der Waals surface area contributed by atoms with Crippen LogP contribution in [-0.2, 0) is 10.0 Å². The Bertz CT molecular complexity index is 1120. The fourth-order valence-corrected chi connectivity index (χ4v) is 5.63. The second-order valence-corrected chi connectivity index (χ2v) is 10.2. The van der Waals surface area contributed by atoms with E-state index in [-0.39, 0.29) is 28.5 Å². The summed E-state index contributed by atoms with van der Waals surface area (Å²) >= 11 is 0. The highest BCUT2D eigenvalue weighted by Crippen LogP contribution is 2.26. The van der Waals surface area contributed by atoms with Crippen LogP contribution in [0.1, 0.15) is 58.9 Å². The number of carbonyl (C=O) groups excluding carboxylic acids is 2. The first-order valence-electron chi connectivity index (χ1n) is 11.2. The Morgan fingerprint density at radius 2 is 1.79 bits per heavy atom. The Hall–Kier alpha value is -2.91. The van der Waals surface area contributed by atoms with Crippen molar-refractivity contribution in [1.29, 1.82) is 0 Å². The molecule has 33 heavy (non-hydrogen) atoms. The third kappa shape index (κ3) is 6.11. The molecule has 1 heterocycles. The topological polar surface area (TPSA) is 116 Å². The van der Waals surface area contributed by atoms with Crippen molar-refractivity contribution in [3.63, 3.8) is 0 Å². The highest BCUT2D eigenvalue weighted by Gasteiger charge is 2.31. The first-order chi connectivity index (χ1) is 15.7. The molecule has 1 saturated heterocycles. The SMILES string of the molecule is Cc1ccc(S(=O)(=O)N2CCCCC2C)cc1C(=O)NCCCNC(=O)c1cccc(O)c1. The first kappa shape index (κ1) is 24.7. The summed E-state index contributed by atoms with van der Waals surface area (Å²) in [6, 6.07) is 10.7. The molecule has 9 heteroatoms. The maximum absolute atomic E-state index is 13.1. The summed E-state index contributed by atoms with van der Waals surface area (Å²) < 4.78 is 27.8. The van der Waals surface area contributed by atoms with Crippen LogP contribution in [0.25, 0.3) is 0 Å². The summed E-state index contributed by atoms with van der Waals surface area (Å²) in [4.78, 5) is 24.9. The average molecular weight is 474 g/mol. The van der Waals surface area contributed by atoms with Crippen LogP contribution in [0.5, 0.6) is 5.75 Å². The number of benzene rings is 2. The van der Waals surface area contributed by atoms with Crippen LogP contribution < -0.4 is 10.6 Å². The number of hydrogen-bond acceptors (Lipinski definition) is 5. The average Bonchev–Trinajstić information content (AvgIpc) is 2.79. The predicted octanol–water partition coefficient (Wildman–Crippen LogP) is 2.81. The van der Waals surface area contributed by atoms with Crippen molar-refractivity contribution >= 4 is 21.8 Å². The lowest BCUT2D eigenvalue weighted by atomic mass is 10.1. The number of phenols is 1. The van der Waals surface area contributed by atoms with Crippen LogP contribution in [0.4, 0.5) is 0 Å². The fraction of sp³-hybridized carbons (Fsp3) is 0.417. The van der Waals surface area contributed by atoms with E-state index in [0.29, 0.717) is 42.7 Å². The number of nitrogens with one attached hydrogen (secondary N) is 2. The van der Waals surface area contributed by atoms with E-state index >= 15 is 0 Å². The van der Waals surface area contributed by atoms with Gasteiger partial charge >= 0.3 is 0 Å². The van der Waals surface area contributed by atoms with Crippen LogP contribution in [0, 0.1) is 6.92 Å². The van der Waals surface area contributed by atoms with Gasteiger partial charge in [0.15, 0.2) is 0 Å². The largest absolute Gasteiger partial charge is 0.508 e. The molecular weight excluding hydrogens is 442 g/mol. The molecule has 0 radical (unpaired) electrons. The normalized spacial score (nSPS) is 16.8. The van der Waals surface area contributed by atoms with Gasteiger partial charge < -0.3 is 15.7 Å². The van der Waals surface area contributed by atoms with Gasteiger partial charge in [-0.15, -0.1) is 0 Å².